The van der Waals surface area contributed by atoms with Crippen molar-refractivity contribution in [2.75, 3.05) is 5.43 Å². The Morgan fingerprint density at radius 2 is 1.48 bits per heavy atom. The van der Waals surface area contributed by atoms with Gasteiger partial charge in [-0.25, -0.2) is 8.42 Å². The average Bonchev–Trinajstić information content (AvgIpc) is 2.37. The van der Waals surface area contributed by atoms with E-state index in [9.17, 15) is 8.42 Å². The van der Waals surface area contributed by atoms with E-state index in [1.165, 1.54) is 24.3 Å². The topological polar surface area (TPSA) is 58.2 Å². The van der Waals surface area contributed by atoms with Crippen molar-refractivity contribution in [2.45, 2.75) is 11.8 Å². The molecule has 0 aliphatic rings. The molecule has 0 aliphatic carbocycles. The van der Waals surface area contributed by atoms with Gasteiger partial charge in [0.05, 0.1) is 20.6 Å². The minimum atomic E-state index is -3.73. The molecule has 0 aromatic heterocycles. The third-order valence-corrected chi connectivity index (χ3v) is 4.73. The van der Waals surface area contributed by atoms with Crippen molar-refractivity contribution in [1.29, 1.82) is 0 Å². The minimum Gasteiger partial charge on any atom is -0.305 e. The highest BCUT2D eigenvalue weighted by Gasteiger charge is 2.15. The Hall–Kier alpha value is -0.980. The van der Waals surface area contributed by atoms with E-state index in [1.54, 1.807) is 12.1 Å². The van der Waals surface area contributed by atoms with Crippen LogP contribution in [0.2, 0.25) is 15.1 Å². The molecule has 0 atom stereocenters. The van der Waals surface area contributed by atoms with Gasteiger partial charge < -0.3 is 5.43 Å². The number of halogens is 3. The molecule has 21 heavy (non-hydrogen) atoms. The molecule has 0 saturated carbocycles. The van der Waals surface area contributed by atoms with Crippen molar-refractivity contribution in [1.82, 2.24) is 4.83 Å². The van der Waals surface area contributed by atoms with Gasteiger partial charge in [-0.2, -0.15) is 0 Å². The number of hydrogen-bond donors (Lipinski definition) is 2. The lowest BCUT2D eigenvalue weighted by Crippen LogP contribution is -2.29. The Morgan fingerprint density at radius 1 is 0.952 bits per heavy atom. The van der Waals surface area contributed by atoms with E-state index in [0.29, 0.717) is 5.02 Å². The summed E-state index contributed by atoms with van der Waals surface area (Å²) in [6.07, 6.45) is 0. The van der Waals surface area contributed by atoms with E-state index >= 15 is 0 Å². The monoisotopic (exact) mass is 364 g/mol. The molecule has 2 N–H and O–H groups in total. The Kier molecular flexibility index (Phi) is 5.01. The summed E-state index contributed by atoms with van der Waals surface area (Å²) in [5.41, 5.74) is 3.70. The van der Waals surface area contributed by atoms with E-state index < -0.39 is 10.0 Å². The third kappa shape index (κ3) is 4.02. The van der Waals surface area contributed by atoms with E-state index in [-0.39, 0.29) is 20.6 Å². The van der Waals surface area contributed by atoms with E-state index in [1.807, 2.05) is 6.92 Å². The van der Waals surface area contributed by atoms with Crippen LogP contribution >= 0.6 is 34.8 Å². The molecule has 0 saturated heterocycles. The molecule has 0 amide bonds. The first-order valence-electron chi connectivity index (χ1n) is 5.78. The number of sulfonamides is 1. The predicted octanol–water partition coefficient (Wildman–Crippen LogP) is 4.26. The lowest BCUT2D eigenvalue weighted by molar-refractivity contribution is 0.588. The van der Waals surface area contributed by atoms with Gasteiger partial charge >= 0.3 is 0 Å². The Labute approximate surface area is 138 Å². The van der Waals surface area contributed by atoms with E-state index in [2.05, 4.69) is 10.3 Å². The molecule has 0 unspecified atom stereocenters. The number of rotatable bonds is 4. The van der Waals surface area contributed by atoms with Crippen molar-refractivity contribution in [3.8, 4) is 0 Å². The lowest BCUT2D eigenvalue weighted by atomic mass is 10.2. The Balaban J connectivity index is 2.21. The van der Waals surface area contributed by atoms with Gasteiger partial charge in [0, 0.05) is 5.02 Å². The third-order valence-electron chi connectivity index (χ3n) is 2.65. The minimum absolute atomic E-state index is 0.127. The largest absolute Gasteiger partial charge is 0.305 e. The van der Waals surface area contributed by atoms with Gasteiger partial charge in [0.1, 0.15) is 0 Å². The van der Waals surface area contributed by atoms with Crippen LogP contribution in [0.25, 0.3) is 0 Å². The summed E-state index contributed by atoms with van der Waals surface area (Å²) >= 11 is 17.7. The molecule has 2 aromatic carbocycles. The normalized spacial score (nSPS) is 11.4. The van der Waals surface area contributed by atoms with Crippen molar-refractivity contribution >= 4 is 50.5 Å². The van der Waals surface area contributed by atoms with Gasteiger partial charge in [0.15, 0.2) is 0 Å². The van der Waals surface area contributed by atoms with Crippen LogP contribution in [-0.4, -0.2) is 8.42 Å². The predicted molar refractivity (Wildman–Crippen MR) is 86.6 cm³/mol. The van der Waals surface area contributed by atoms with Crippen LogP contribution in [0, 0.1) is 6.92 Å². The van der Waals surface area contributed by atoms with Gasteiger partial charge in [-0.05, 0) is 31.2 Å². The van der Waals surface area contributed by atoms with Crippen molar-refractivity contribution in [3.63, 3.8) is 0 Å². The summed E-state index contributed by atoms with van der Waals surface area (Å²) < 4.78 is 24.2. The summed E-state index contributed by atoms with van der Waals surface area (Å²) in [4.78, 5) is 2.35. The van der Waals surface area contributed by atoms with Crippen LogP contribution in [0.4, 0.5) is 5.69 Å². The molecule has 2 aromatic rings. The molecule has 112 valence electrons. The number of anilines is 1. The fourth-order valence-corrected chi connectivity index (χ4v) is 3.32. The van der Waals surface area contributed by atoms with Crippen LogP contribution in [0.5, 0.6) is 0 Å². The van der Waals surface area contributed by atoms with Crippen molar-refractivity contribution < 1.29 is 8.42 Å². The van der Waals surface area contributed by atoms with Crippen molar-refractivity contribution in [3.05, 3.63) is 57.0 Å². The zero-order valence-electron chi connectivity index (χ0n) is 10.8. The van der Waals surface area contributed by atoms with Crippen LogP contribution in [-0.2, 0) is 10.0 Å². The van der Waals surface area contributed by atoms with Crippen LogP contribution < -0.4 is 10.3 Å². The highest BCUT2D eigenvalue weighted by molar-refractivity contribution is 7.89. The maximum absolute atomic E-state index is 12.1. The summed E-state index contributed by atoms with van der Waals surface area (Å²) in [6.45, 7) is 1.87. The zero-order valence-corrected chi connectivity index (χ0v) is 13.9. The fraction of sp³-hybridized carbons (Fsp3) is 0.0769. The molecule has 4 nitrogen and oxygen atoms in total. The number of nitrogens with one attached hydrogen (secondary N) is 2. The molecule has 0 fully saturated rings. The number of aryl methyl sites for hydroxylation is 1. The molecule has 0 radical (unpaired) electrons. The van der Waals surface area contributed by atoms with Crippen LogP contribution in [0.3, 0.4) is 0 Å². The van der Waals surface area contributed by atoms with Crippen LogP contribution in [0.15, 0.2) is 41.3 Å². The number of hydrogen-bond acceptors (Lipinski definition) is 3. The van der Waals surface area contributed by atoms with E-state index in [0.717, 1.165) is 5.56 Å². The number of hydrazine groups is 1. The molecule has 2 rings (SSSR count). The first-order valence-corrected chi connectivity index (χ1v) is 8.40. The SMILES string of the molecule is Cc1ccc(S(=O)(=O)NNc2c(Cl)cc(Cl)cc2Cl)cc1. The smallest absolute Gasteiger partial charge is 0.257 e. The molecular weight excluding hydrogens is 355 g/mol. The van der Waals surface area contributed by atoms with Crippen molar-refractivity contribution in [2.24, 2.45) is 0 Å². The first kappa shape index (κ1) is 16.4. The molecule has 8 heteroatoms. The quantitative estimate of drug-likeness (QED) is 0.796. The van der Waals surface area contributed by atoms with E-state index in [4.69, 9.17) is 34.8 Å². The molecule has 0 heterocycles. The van der Waals surface area contributed by atoms with Gasteiger partial charge in [-0.15, -0.1) is 4.83 Å². The maximum Gasteiger partial charge on any atom is 0.257 e. The lowest BCUT2D eigenvalue weighted by Gasteiger charge is -2.12. The Morgan fingerprint density at radius 3 is 2.00 bits per heavy atom. The first-order chi connectivity index (χ1) is 9.79. The van der Waals surface area contributed by atoms with Crippen LogP contribution in [0.1, 0.15) is 5.56 Å². The maximum atomic E-state index is 12.1. The fourth-order valence-electron chi connectivity index (χ4n) is 1.56. The highest BCUT2D eigenvalue weighted by Crippen LogP contribution is 2.33. The number of benzene rings is 2. The Bertz CT molecular complexity index is 738. The standard InChI is InChI=1S/C13H11Cl3N2O2S/c1-8-2-4-10(5-3-8)21(19,20)18-17-13-11(15)6-9(14)7-12(13)16/h2-7,17-18H,1H3. The second-order valence-electron chi connectivity index (χ2n) is 4.29. The second kappa shape index (κ2) is 6.42. The highest BCUT2D eigenvalue weighted by atomic mass is 35.5. The summed E-state index contributed by atoms with van der Waals surface area (Å²) in [5, 5.41) is 0.773. The molecule has 0 aliphatic heterocycles. The van der Waals surface area contributed by atoms with Gasteiger partial charge in [-0.3, -0.25) is 0 Å². The summed E-state index contributed by atoms with van der Waals surface area (Å²) in [5.74, 6) is 0. The zero-order chi connectivity index (χ0) is 15.6. The molecule has 0 bridgehead atoms. The second-order valence-corrected chi connectivity index (χ2v) is 7.22. The summed E-state index contributed by atoms with van der Waals surface area (Å²) in [6, 6.07) is 9.33. The van der Waals surface area contributed by atoms with Gasteiger partial charge in [0.25, 0.3) is 10.0 Å². The molecule has 0 spiro atoms. The van der Waals surface area contributed by atoms with Gasteiger partial charge in [0.2, 0.25) is 0 Å². The van der Waals surface area contributed by atoms with Gasteiger partial charge in [-0.1, -0.05) is 52.5 Å². The summed E-state index contributed by atoms with van der Waals surface area (Å²) in [7, 11) is -3.73. The molecular formula is C13H11Cl3N2O2S. The average molecular weight is 366 g/mol.